The molecule has 1 aromatic rings. The first-order chi connectivity index (χ1) is 8.27. The normalized spacial score (nSPS) is 10.5. The van der Waals surface area contributed by atoms with Crippen LogP contribution in [0.3, 0.4) is 0 Å². The molecule has 3 nitrogen and oxygen atoms in total. The zero-order chi connectivity index (χ0) is 12.5. The van der Waals surface area contributed by atoms with Crippen molar-refractivity contribution in [2.75, 3.05) is 13.2 Å². The fourth-order valence-electron chi connectivity index (χ4n) is 1.60. The summed E-state index contributed by atoms with van der Waals surface area (Å²) in [5.74, 6) is 0.819. The Morgan fingerprint density at radius 1 is 1.18 bits per heavy atom. The largest absolute Gasteiger partial charge is 0.493 e. The number of benzene rings is 1. The summed E-state index contributed by atoms with van der Waals surface area (Å²) >= 11 is 5.88. The second kappa shape index (κ2) is 8.34. The summed E-state index contributed by atoms with van der Waals surface area (Å²) in [5, 5.41) is 9.32. The van der Waals surface area contributed by atoms with Crippen LogP contribution >= 0.6 is 11.6 Å². The second-order valence-electron chi connectivity index (χ2n) is 3.94. The van der Waals surface area contributed by atoms with Crippen molar-refractivity contribution >= 4 is 11.6 Å². The van der Waals surface area contributed by atoms with Gasteiger partial charge in [0, 0.05) is 23.7 Å². The first kappa shape index (κ1) is 14.3. The average molecular weight is 258 g/mol. The quantitative estimate of drug-likeness (QED) is 0.704. The van der Waals surface area contributed by atoms with Crippen LogP contribution in [-0.2, 0) is 6.54 Å². The van der Waals surface area contributed by atoms with Gasteiger partial charge in [-0.25, -0.2) is 0 Å². The summed E-state index contributed by atoms with van der Waals surface area (Å²) in [6, 6.07) is 5.50. The van der Waals surface area contributed by atoms with Gasteiger partial charge < -0.3 is 15.6 Å². The van der Waals surface area contributed by atoms with Crippen LogP contribution in [0.4, 0.5) is 0 Å². The minimum atomic E-state index is 0.273. The molecule has 0 fully saturated rings. The molecule has 0 aliphatic heterocycles. The van der Waals surface area contributed by atoms with Gasteiger partial charge in [0.2, 0.25) is 0 Å². The molecular formula is C13H20ClNO2. The van der Waals surface area contributed by atoms with Gasteiger partial charge in [0.25, 0.3) is 0 Å². The Morgan fingerprint density at radius 3 is 2.65 bits per heavy atom. The van der Waals surface area contributed by atoms with E-state index in [1.807, 2.05) is 18.2 Å². The van der Waals surface area contributed by atoms with Crippen molar-refractivity contribution < 1.29 is 9.84 Å². The molecule has 1 rings (SSSR count). The van der Waals surface area contributed by atoms with Crippen molar-refractivity contribution in [1.29, 1.82) is 0 Å². The monoisotopic (exact) mass is 257 g/mol. The second-order valence-corrected chi connectivity index (χ2v) is 4.38. The van der Waals surface area contributed by atoms with Gasteiger partial charge in [-0.3, -0.25) is 0 Å². The highest BCUT2D eigenvalue weighted by Crippen LogP contribution is 2.22. The molecule has 0 amide bonds. The van der Waals surface area contributed by atoms with Crippen LogP contribution in [0.25, 0.3) is 0 Å². The summed E-state index contributed by atoms with van der Waals surface area (Å²) in [6.45, 7) is 1.38. The Labute approximate surface area is 108 Å². The van der Waals surface area contributed by atoms with E-state index in [2.05, 4.69) is 0 Å². The smallest absolute Gasteiger partial charge is 0.123 e. The molecule has 0 bridgehead atoms. The van der Waals surface area contributed by atoms with Crippen LogP contribution in [0, 0.1) is 0 Å². The van der Waals surface area contributed by atoms with Crippen molar-refractivity contribution in [2.24, 2.45) is 5.73 Å². The molecule has 3 N–H and O–H groups in total. The van der Waals surface area contributed by atoms with E-state index >= 15 is 0 Å². The molecule has 0 heterocycles. The molecule has 0 aromatic heterocycles. The number of hydrogen-bond acceptors (Lipinski definition) is 3. The summed E-state index contributed by atoms with van der Waals surface area (Å²) in [6.07, 6.45) is 3.98. The fraction of sp³-hybridized carbons (Fsp3) is 0.538. The molecule has 96 valence electrons. The lowest BCUT2D eigenvalue weighted by molar-refractivity contribution is 0.273. The number of halogens is 1. The molecule has 0 radical (unpaired) electrons. The van der Waals surface area contributed by atoms with E-state index in [1.54, 1.807) is 0 Å². The Balaban J connectivity index is 2.31. The number of aliphatic hydroxyl groups excluding tert-OH is 1. The van der Waals surface area contributed by atoms with E-state index in [9.17, 15) is 0 Å². The van der Waals surface area contributed by atoms with E-state index < -0.39 is 0 Å². The van der Waals surface area contributed by atoms with Crippen LogP contribution in [0.2, 0.25) is 5.02 Å². The van der Waals surface area contributed by atoms with E-state index in [0.29, 0.717) is 18.2 Å². The Hall–Kier alpha value is -0.770. The molecule has 4 heteroatoms. The summed E-state index contributed by atoms with van der Waals surface area (Å²) < 4.78 is 5.66. The van der Waals surface area contributed by atoms with E-state index in [4.69, 9.17) is 27.2 Å². The number of ether oxygens (including phenoxy) is 1. The summed E-state index contributed by atoms with van der Waals surface area (Å²) in [5.41, 5.74) is 6.56. The number of nitrogens with two attached hydrogens (primary N) is 1. The molecule has 1 aromatic carbocycles. The van der Waals surface area contributed by atoms with Gasteiger partial charge >= 0.3 is 0 Å². The molecule has 17 heavy (non-hydrogen) atoms. The van der Waals surface area contributed by atoms with E-state index in [1.165, 1.54) is 0 Å². The number of aliphatic hydroxyl groups is 1. The topological polar surface area (TPSA) is 55.5 Å². The van der Waals surface area contributed by atoms with Crippen LogP contribution in [0.1, 0.15) is 31.2 Å². The lowest BCUT2D eigenvalue weighted by Gasteiger charge is -2.10. The van der Waals surface area contributed by atoms with Gasteiger partial charge in [-0.1, -0.05) is 18.0 Å². The fourth-order valence-corrected chi connectivity index (χ4v) is 1.79. The van der Waals surface area contributed by atoms with Crippen LogP contribution in [0.15, 0.2) is 18.2 Å². The third-order valence-electron chi connectivity index (χ3n) is 2.55. The first-order valence-corrected chi connectivity index (χ1v) is 6.38. The molecule has 0 atom stereocenters. The van der Waals surface area contributed by atoms with E-state index in [0.717, 1.165) is 37.0 Å². The minimum absolute atomic E-state index is 0.273. The van der Waals surface area contributed by atoms with Gasteiger partial charge in [0.05, 0.1) is 6.61 Å². The van der Waals surface area contributed by atoms with Gasteiger partial charge in [-0.15, -0.1) is 0 Å². The van der Waals surface area contributed by atoms with Crippen LogP contribution in [0.5, 0.6) is 5.75 Å². The molecule has 0 saturated carbocycles. The van der Waals surface area contributed by atoms with Crippen molar-refractivity contribution in [2.45, 2.75) is 32.2 Å². The zero-order valence-corrected chi connectivity index (χ0v) is 10.7. The number of hydrogen-bond donors (Lipinski definition) is 2. The lowest BCUT2D eigenvalue weighted by Crippen LogP contribution is -2.04. The van der Waals surface area contributed by atoms with Gasteiger partial charge in [-0.2, -0.15) is 0 Å². The average Bonchev–Trinajstić information content (AvgIpc) is 2.35. The highest BCUT2D eigenvalue weighted by Gasteiger charge is 2.02. The van der Waals surface area contributed by atoms with Crippen molar-refractivity contribution in [3.05, 3.63) is 28.8 Å². The lowest BCUT2D eigenvalue weighted by atomic mass is 10.2. The highest BCUT2D eigenvalue weighted by molar-refractivity contribution is 6.30. The van der Waals surface area contributed by atoms with Gasteiger partial charge in [-0.05, 0) is 37.5 Å². The summed E-state index contributed by atoms with van der Waals surface area (Å²) in [4.78, 5) is 0. The zero-order valence-electron chi connectivity index (χ0n) is 9.99. The van der Waals surface area contributed by atoms with Crippen LogP contribution in [-0.4, -0.2) is 18.3 Å². The number of rotatable bonds is 8. The number of unbranched alkanes of at least 4 members (excludes halogenated alkanes) is 3. The van der Waals surface area contributed by atoms with Gasteiger partial charge in [0.15, 0.2) is 0 Å². The predicted octanol–water partition coefficient (Wildman–Crippen LogP) is 2.73. The molecule has 0 unspecified atom stereocenters. The molecule has 0 saturated heterocycles. The third kappa shape index (κ3) is 5.39. The Morgan fingerprint density at radius 2 is 1.94 bits per heavy atom. The first-order valence-electron chi connectivity index (χ1n) is 6.00. The van der Waals surface area contributed by atoms with Crippen molar-refractivity contribution in [3.63, 3.8) is 0 Å². The maximum atomic E-state index is 8.64. The molecule has 0 spiro atoms. The SMILES string of the molecule is NCc1cc(Cl)ccc1OCCCCCCO. The van der Waals surface area contributed by atoms with E-state index in [-0.39, 0.29) is 6.61 Å². The maximum Gasteiger partial charge on any atom is 0.123 e. The minimum Gasteiger partial charge on any atom is -0.493 e. The predicted molar refractivity (Wildman–Crippen MR) is 70.4 cm³/mol. The Kier molecular flexibility index (Phi) is 7.01. The standard InChI is InChI=1S/C13H20ClNO2/c14-12-5-6-13(11(9-12)10-15)17-8-4-2-1-3-7-16/h5-6,9,16H,1-4,7-8,10,15H2. The van der Waals surface area contributed by atoms with Crippen molar-refractivity contribution in [1.82, 2.24) is 0 Å². The third-order valence-corrected chi connectivity index (χ3v) is 2.79. The van der Waals surface area contributed by atoms with Crippen molar-refractivity contribution in [3.8, 4) is 5.75 Å². The maximum absolute atomic E-state index is 8.64. The van der Waals surface area contributed by atoms with Gasteiger partial charge in [0.1, 0.15) is 5.75 Å². The molecule has 0 aliphatic rings. The summed E-state index contributed by atoms with van der Waals surface area (Å²) in [7, 11) is 0. The highest BCUT2D eigenvalue weighted by atomic mass is 35.5. The van der Waals surface area contributed by atoms with Crippen LogP contribution < -0.4 is 10.5 Å². The molecule has 0 aliphatic carbocycles. The molecular weight excluding hydrogens is 238 g/mol. The Bertz CT molecular complexity index is 331.